The summed E-state index contributed by atoms with van der Waals surface area (Å²) in [6.45, 7) is 3.68. The number of nitrogens with one attached hydrogen (secondary N) is 1. The first kappa shape index (κ1) is 18.7. The molecule has 0 aliphatic carbocycles. The number of hydrogen-bond acceptors (Lipinski definition) is 6. The molecule has 0 saturated heterocycles. The highest BCUT2D eigenvalue weighted by Gasteiger charge is 2.20. The molecule has 26 heavy (non-hydrogen) atoms. The first-order valence-corrected chi connectivity index (χ1v) is 9.25. The van der Waals surface area contributed by atoms with Gasteiger partial charge in [-0.25, -0.2) is 9.78 Å². The number of halogens is 2. The van der Waals surface area contributed by atoms with E-state index in [4.69, 9.17) is 32.7 Å². The van der Waals surface area contributed by atoms with Gasteiger partial charge in [-0.2, -0.15) is 0 Å². The Bertz CT molecular complexity index is 1050. The Labute approximate surface area is 162 Å². The van der Waals surface area contributed by atoms with E-state index in [-0.39, 0.29) is 18.8 Å². The molecule has 6 nitrogen and oxygen atoms in total. The minimum absolute atomic E-state index is 0.00305. The van der Waals surface area contributed by atoms with Gasteiger partial charge >= 0.3 is 5.97 Å². The summed E-state index contributed by atoms with van der Waals surface area (Å²) in [7, 11) is 0. The summed E-state index contributed by atoms with van der Waals surface area (Å²) in [5.74, 6) is 0.239. The lowest BCUT2D eigenvalue weighted by Crippen LogP contribution is -2.13. The van der Waals surface area contributed by atoms with Gasteiger partial charge in [0.25, 0.3) is 5.56 Å². The molecule has 136 valence electrons. The molecule has 0 aliphatic rings. The van der Waals surface area contributed by atoms with Gasteiger partial charge in [-0.15, -0.1) is 11.3 Å². The van der Waals surface area contributed by atoms with Crippen molar-refractivity contribution in [2.75, 3.05) is 6.61 Å². The number of esters is 1. The quantitative estimate of drug-likeness (QED) is 0.629. The molecular formula is C17H14Cl2N2O4S. The maximum absolute atomic E-state index is 12.4. The van der Waals surface area contributed by atoms with Crippen LogP contribution in [0.1, 0.15) is 28.0 Å². The van der Waals surface area contributed by atoms with Gasteiger partial charge in [0.05, 0.1) is 17.0 Å². The molecule has 0 amide bonds. The molecule has 3 rings (SSSR count). The van der Waals surface area contributed by atoms with E-state index in [1.807, 2.05) is 0 Å². The fourth-order valence-corrected chi connectivity index (χ4v) is 3.81. The molecule has 0 bridgehead atoms. The Balaban J connectivity index is 1.92. The van der Waals surface area contributed by atoms with Crippen LogP contribution in [0.4, 0.5) is 0 Å². The molecule has 0 fully saturated rings. The van der Waals surface area contributed by atoms with Crippen molar-refractivity contribution < 1.29 is 14.3 Å². The molecule has 9 heteroatoms. The zero-order valence-electron chi connectivity index (χ0n) is 13.9. The number of carbonyl (C=O) groups excluding carboxylic acids is 1. The summed E-state index contributed by atoms with van der Waals surface area (Å²) < 4.78 is 10.6. The molecule has 2 heterocycles. The molecule has 2 aromatic heterocycles. The number of aromatic amines is 1. The van der Waals surface area contributed by atoms with E-state index in [0.717, 1.165) is 11.3 Å². The van der Waals surface area contributed by atoms with Crippen LogP contribution >= 0.6 is 34.5 Å². The van der Waals surface area contributed by atoms with Crippen LogP contribution in [0.15, 0.2) is 23.0 Å². The number of hydrogen-bond donors (Lipinski definition) is 1. The van der Waals surface area contributed by atoms with Crippen LogP contribution < -0.4 is 10.3 Å². The normalized spacial score (nSPS) is 10.9. The average Bonchev–Trinajstić information content (AvgIpc) is 2.93. The molecular weight excluding hydrogens is 399 g/mol. The largest absolute Gasteiger partial charge is 0.484 e. The van der Waals surface area contributed by atoms with Crippen molar-refractivity contribution in [2.45, 2.75) is 20.5 Å². The smallest absolute Gasteiger partial charge is 0.348 e. The van der Waals surface area contributed by atoms with E-state index in [0.29, 0.717) is 42.3 Å². The highest BCUT2D eigenvalue weighted by molar-refractivity contribution is 7.20. The first-order chi connectivity index (χ1) is 12.4. The summed E-state index contributed by atoms with van der Waals surface area (Å²) in [5, 5.41) is 1.26. The van der Waals surface area contributed by atoms with E-state index in [1.54, 1.807) is 32.0 Å². The van der Waals surface area contributed by atoms with Gasteiger partial charge in [-0.05, 0) is 31.5 Å². The third kappa shape index (κ3) is 3.70. The maximum Gasteiger partial charge on any atom is 0.348 e. The van der Waals surface area contributed by atoms with Crippen molar-refractivity contribution in [3.8, 4) is 5.75 Å². The van der Waals surface area contributed by atoms with Gasteiger partial charge < -0.3 is 14.5 Å². The highest BCUT2D eigenvalue weighted by atomic mass is 35.5. The molecule has 1 N–H and O–H groups in total. The van der Waals surface area contributed by atoms with Crippen LogP contribution in [0.3, 0.4) is 0 Å². The predicted molar refractivity (Wildman–Crippen MR) is 102 cm³/mol. The molecule has 3 aromatic rings. The molecule has 0 radical (unpaired) electrons. The Morgan fingerprint density at radius 2 is 2.12 bits per heavy atom. The number of nitrogens with zero attached hydrogens (tertiary/aromatic N) is 1. The zero-order chi connectivity index (χ0) is 18.8. The van der Waals surface area contributed by atoms with Gasteiger partial charge in [0.1, 0.15) is 27.9 Å². The second-order valence-corrected chi connectivity index (χ2v) is 7.18. The van der Waals surface area contributed by atoms with Crippen LogP contribution in [0, 0.1) is 6.92 Å². The van der Waals surface area contributed by atoms with Crippen molar-refractivity contribution in [3.05, 3.63) is 54.9 Å². The number of aromatic nitrogens is 2. The highest BCUT2D eigenvalue weighted by Crippen LogP contribution is 2.29. The van der Waals surface area contributed by atoms with E-state index < -0.39 is 5.97 Å². The minimum atomic E-state index is -0.462. The van der Waals surface area contributed by atoms with Crippen LogP contribution in [-0.4, -0.2) is 22.5 Å². The molecule has 0 aliphatic heterocycles. The Kier molecular flexibility index (Phi) is 5.50. The summed E-state index contributed by atoms with van der Waals surface area (Å²) in [6.07, 6.45) is 0. The summed E-state index contributed by atoms with van der Waals surface area (Å²) >= 11 is 13.1. The third-order valence-corrected chi connectivity index (χ3v) is 5.28. The van der Waals surface area contributed by atoms with Crippen LogP contribution in [0.2, 0.25) is 10.0 Å². The Hall–Kier alpha value is -2.09. The Morgan fingerprint density at radius 1 is 1.35 bits per heavy atom. The number of carbonyl (C=O) groups is 1. The number of thiophene rings is 1. The van der Waals surface area contributed by atoms with Crippen LogP contribution in [0.5, 0.6) is 5.75 Å². The van der Waals surface area contributed by atoms with Crippen LogP contribution in [-0.2, 0) is 11.3 Å². The van der Waals surface area contributed by atoms with E-state index in [1.165, 1.54) is 0 Å². The fraction of sp³-hybridized carbons (Fsp3) is 0.235. The van der Waals surface area contributed by atoms with Crippen molar-refractivity contribution in [2.24, 2.45) is 0 Å². The molecule has 0 unspecified atom stereocenters. The van der Waals surface area contributed by atoms with Gasteiger partial charge in [0.15, 0.2) is 0 Å². The first-order valence-electron chi connectivity index (χ1n) is 7.68. The SMILES string of the molecule is CCOC(=O)c1sc2nc(COc3cc(Cl)ccc3Cl)[nH]c(=O)c2c1C. The monoisotopic (exact) mass is 412 g/mol. The van der Waals surface area contributed by atoms with Gasteiger partial charge in [0, 0.05) is 11.1 Å². The third-order valence-electron chi connectivity index (χ3n) is 3.57. The number of aryl methyl sites for hydroxylation is 1. The summed E-state index contributed by atoms with van der Waals surface area (Å²) in [4.78, 5) is 32.3. The zero-order valence-corrected chi connectivity index (χ0v) is 16.2. The maximum atomic E-state index is 12.4. The molecule has 0 saturated carbocycles. The van der Waals surface area contributed by atoms with Crippen molar-refractivity contribution in [3.63, 3.8) is 0 Å². The Morgan fingerprint density at radius 3 is 2.85 bits per heavy atom. The lowest BCUT2D eigenvalue weighted by atomic mass is 10.2. The lowest BCUT2D eigenvalue weighted by molar-refractivity contribution is 0.0531. The van der Waals surface area contributed by atoms with Crippen LogP contribution in [0.25, 0.3) is 10.2 Å². The van der Waals surface area contributed by atoms with E-state index >= 15 is 0 Å². The molecule has 1 aromatic carbocycles. The van der Waals surface area contributed by atoms with Crippen molar-refractivity contribution in [1.29, 1.82) is 0 Å². The predicted octanol–water partition coefficient (Wildman–Crippen LogP) is 4.36. The second-order valence-electron chi connectivity index (χ2n) is 5.33. The average molecular weight is 413 g/mol. The summed E-state index contributed by atoms with van der Waals surface area (Å²) in [6, 6.07) is 4.84. The standard InChI is InChI=1S/C17H14Cl2N2O4S/c1-3-24-17(23)14-8(2)13-15(22)20-12(21-16(13)26-14)7-25-11-6-9(18)4-5-10(11)19/h4-6H,3,7H2,1-2H3,(H,20,21,22). The minimum Gasteiger partial charge on any atom is -0.484 e. The van der Waals surface area contributed by atoms with Crippen molar-refractivity contribution >= 4 is 50.7 Å². The summed E-state index contributed by atoms with van der Waals surface area (Å²) in [5.41, 5.74) is 0.220. The fourth-order valence-electron chi connectivity index (χ4n) is 2.38. The van der Waals surface area contributed by atoms with Gasteiger partial charge in [-0.1, -0.05) is 23.2 Å². The van der Waals surface area contributed by atoms with Crippen molar-refractivity contribution in [1.82, 2.24) is 9.97 Å². The molecule has 0 spiro atoms. The molecule has 0 atom stereocenters. The van der Waals surface area contributed by atoms with Gasteiger partial charge in [0.2, 0.25) is 0 Å². The number of benzene rings is 1. The number of ether oxygens (including phenoxy) is 2. The number of fused-ring (bicyclic) bond motifs is 1. The van der Waals surface area contributed by atoms with Gasteiger partial charge in [-0.3, -0.25) is 4.79 Å². The van der Waals surface area contributed by atoms with E-state index in [9.17, 15) is 9.59 Å². The second kappa shape index (κ2) is 7.65. The number of H-pyrrole nitrogens is 1. The lowest BCUT2D eigenvalue weighted by Gasteiger charge is -2.07. The van der Waals surface area contributed by atoms with E-state index in [2.05, 4.69) is 9.97 Å². The number of rotatable bonds is 5. The topological polar surface area (TPSA) is 81.3 Å².